The summed E-state index contributed by atoms with van der Waals surface area (Å²) >= 11 is 0. The highest BCUT2D eigenvalue weighted by Gasteiger charge is 2.42. The van der Waals surface area contributed by atoms with Gasteiger partial charge in [0.05, 0.1) is 0 Å². The van der Waals surface area contributed by atoms with Gasteiger partial charge >= 0.3 is 0 Å². The summed E-state index contributed by atoms with van der Waals surface area (Å²) in [5, 5.41) is 6.29. The van der Waals surface area contributed by atoms with Crippen molar-refractivity contribution < 1.29 is 0 Å². The maximum atomic E-state index is 3.77. The summed E-state index contributed by atoms with van der Waals surface area (Å²) in [6, 6.07) is 32.9. The van der Waals surface area contributed by atoms with Gasteiger partial charge in [-0.25, -0.2) is 0 Å². The van der Waals surface area contributed by atoms with E-state index >= 15 is 0 Å². The van der Waals surface area contributed by atoms with Crippen LogP contribution < -0.4 is 5.32 Å². The minimum absolute atomic E-state index is 0.108. The van der Waals surface area contributed by atoms with E-state index < -0.39 is 0 Å². The van der Waals surface area contributed by atoms with Gasteiger partial charge in [0, 0.05) is 28.1 Å². The third-order valence-electron chi connectivity index (χ3n) is 7.28. The van der Waals surface area contributed by atoms with Crippen LogP contribution in [0.2, 0.25) is 0 Å². The lowest BCUT2D eigenvalue weighted by molar-refractivity contribution is 0.608. The number of anilines is 1. The van der Waals surface area contributed by atoms with E-state index in [1.165, 1.54) is 50.0 Å². The molecule has 0 radical (unpaired) electrons. The highest BCUT2D eigenvalue weighted by Crippen LogP contribution is 2.53. The van der Waals surface area contributed by atoms with E-state index in [-0.39, 0.29) is 5.41 Å². The largest absolute Gasteiger partial charge is 0.358 e. The highest BCUT2D eigenvalue weighted by atomic mass is 14.9. The molecule has 6 rings (SSSR count). The van der Waals surface area contributed by atoms with Crippen LogP contribution in [0.3, 0.4) is 0 Å². The van der Waals surface area contributed by atoms with Crippen molar-refractivity contribution in [1.82, 2.24) is 0 Å². The van der Waals surface area contributed by atoms with E-state index in [9.17, 15) is 0 Å². The van der Waals surface area contributed by atoms with Gasteiger partial charge in [0.25, 0.3) is 0 Å². The van der Waals surface area contributed by atoms with Gasteiger partial charge in [-0.3, -0.25) is 0 Å². The molecule has 0 aromatic heterocycles. The molecular weight excluding hydrogens is 386 g/mol. The van der Waals surface area contributed by atoms with Crippen LogP contribution in [0.15, 0.2) is 114 Å². The molecule has 0 aliphatic heterocycles. The molecule has 0 amide bonds. The van der Waals surface area contributed by atoms with Gasteiger partial charge < -0.3 is 5.32 Å². The zero-order chi connectivity index (χ0) is 21.7. The molecule has 0 saturated carbocycles. The van der Waals surface area contributed by atoms with Crippen LogP contribution in [0.25, 0.3) is 21.9 Å². The van der Waals surface area contributed by atoms with Crippen molar-refractivity contribution in [2.45, 2.75) is 31.6 Å². The summed E-state index contributed by atoms with van der Waals surface area (Å²) in [5.41, 5.74) is 9.58. The Labute approximate surface area is 190 Å². The summed E-state index contributed by atoms with van der Waals surface area (Å²) in [6.45, 7) is 4.72. The molecule has 4 aromatic rings. The number of fused-ring (bicyclic) bond motifs is 4. The summed E-state index contributed by atoms with van der Waals surface area (Å²) in [4.78, 5) is 0. The second-order valence-corrected chi connectivity index (χ2v) is 9.52. The van der Waals surface area contributed by atoms with Crippen molar-refractivity contribution in [2.24, 2.45) is 0 Å². The van der Waals surface area contributed by atoms with Crippen molar-refractivity contribution in [3.8, 4) is 11.1 Å². The molecule has 0 spiro atoms. The Balaban J connectivity index is 1.34. The average molecular weight is 414 g/mol. The second kappa shape index (κ2) is 7.24. The molecule has 1 N–H and O–H groups in total. The van der Waals surface area contributed by atoms with Gasteiger partial charge in [0.1, 0.15) is 0 Å². The first-order valence-corrected chi connectivity index (χ1v) is 11.5. The Hall–Kier alpha value is -3.58. The average Bonchev–Trinajstić information content (AvgIpc) is 3.06. The quantitative estimate of drug-likeness (QED) is 0.357. The lowest BCUT2D eigenvalue weighted by Crippen LogP contribution is -2.18. The molecule has 32 heavy (non-hydrogen) atoms. The molecule has 4 aromatic carbocycles. The smallest absolute Gasteiger partial charge is 0.0461 e. The normalized spacial score (nSPS) is 18.5. The minimum Gasteiger partial charge on any atom is -0.358 e. The molecule has 2 aliphatic rings. The summed E-state index contributed by atoms with van der Waals surface area (Å²) in [6.07, 6.45) is 5.66. The number of hydrogen-bond donors (Lipinski definition) is 1. The Morgan fingerprint density at radius 1 is 0.750 bits per heavy atom. The van der Waals surface area contributed by atoms with Crippen LogP contribution in [0.4, 0.5) is 5.69 Å². The van der Waals surface area contributed by atoms with Gasteiger partial charge in [-0.15, -0.1) is 0 Å². The molecule has 1 heteroatoms. The monoisotopic (exact) mass is 413 g/mol. The lowest BCUT2D eigenvalue weighted by Gasteiger charge is -2.28. The second-order valence-electron chi connectivity index (χ2n) is 9.52. The molecule has 0 heterocycles. The van der Waals surface area contributed by atoms with Crippen LogP contribution in [-0.4, -0.2) is 0 Å². The standard InChI is InChI=1S/C31H27N/c1-31(2)28-13-7-6-12-26(28)27-20-24(16-18-29(27)31)32-30-14-8-11-23-19-22(15-17-25(23)30)21-9-4-3-5-10-21/h3-19,27,32H,20H2,1-2H3. The van der Waals surface area contributed by atoms with Crippen molar-refractivity contribution in [3.63, 3.8) is 0 Å². The van der Waals surface area contributed by atoms with Crippen molar-refractivity contribution >= 4 is 16.5 Å². The third kappa shape index (κ3) is 3.00. The maximum absolute atomic E-state index is 3.77. The number of allylic oxidation sites excluding steroid dienone is 4. The van der Waals surface area contributed by atoms with Crippen LogP contribution in [0.1, 0.15) is 37.3 Å². The van der Waals surface area contributed by atoms with E-state index in [2.05, 4.69) is 122 Å². The molecule has 1 nitrogen and oxygen atoms in total. The molecule has 1 atom stereocenters. The molecule has 156 valence electrons. The Morgan fingerprint density at radius 2 is 1.56 bits per heavy atom. The fraction of sp³-hybridized carbons (Fsp3) is 0.161. The van der Waals surface area contributed by atoms with E-state index in [1.807, 2.05) is 0 Å². The van der Waals surface area contributed by atoms with Gasteiger partial charge in [-0.2, -0.15) is 0 Å². The van der Waals surface area contributed by atoms with Crippen molar-refractivity contribution in [3.05, 3.63) is 126 Å². The van der Waals surface area contributed by atoms with Crippen LogP contribution >= 0.6 is 0 Å². The van der Waals surface area contributed by atoms with Gasteiger partial charge in [-0.05, 0) is 52.3 Å². The number of nitrogens with one attached hydrogen (secondary N) is 1. The van der Waals surface area contributed by atoms with Crippen molar-refractivity contribution in [2.75, 3.05) is 5.32 Å². The first-order chi connectivity index (χ1) is 15.6. The first kappa shape index (κ1) is 19.1. The van der Waals surface area contributed by atoms with Gasteiger partial charge in [0.15, 0.2) is 0 Å². The van der Waals surface area contributed by atoms with E-state index in [0.29, 0.717) is 5.92 Å². The SMILES string of the molecule is CC1(C)C2=CC=C(Nc3cccc4cc(-c5ccccc5)ccc34)CC2c2ccccc21. The Bertz CT molecular complexity index is 1390. The molecule has 2 aliphatic carbocycles. The van der Waals surface area contributed by atoms with Gasteiger partial charge in [-0.1, -0.05) is 104 Å². The van der Waals surface area contributed by atoms with E-state index in [4.69, 9.17) is 0 Å². The van der Waals surface area contributed by atoms with E-state index in [1.54, 1.807) is 0 Å². The number of benzene rings is 4. The minimum atomic E-state index is 0.108. The van der Waals surface area contributed by atoms with Gasteiger partial charge in [0.2, 0.25) is 0 Å². The predicted molar refractivity (Wildman–Crippen MR) is 136 cm³/mol. The predicted octanol–water partition coefficient (Wildman–Crippen LogP) is 8.21. The zero-order valence-electron chi connectivity index (χ0n) is 18.6. The molecule has 0 bridgehead atoms. The first-order valence-electron chi connectivity index (χ1n) is 11.5. The van der Waals surface area contributed by atoms with Crippen LogP contribution in [0, 0.1) is 0 Å². The van der Waals surface area contributed by atoms with Crippen LogP contribution in [0.5, 0.6) is 0 Å². The lowest BCUT2D eigenvalue weighted by atomic mass is 9.78. The Kier molecular flexibility index (Phi) is 4.33. The number of hydrogen-bond acceptors (Lipinski definition) is 1. The van der Waals surface area contributed by atoms with E-state index in [0.717, 1.165) is 6.42 Å². The van der Waals surface area contributed by atoms with Crippen molar-refractivity contribution in [1.29, 1.82) is 0 Å². The summed E-state index contributed by atoms with van der Waals surface area (Å²) in [5.74, 6) is 0.466. The molecule has 0 saturated heterocycles. The fourth-order valence-electron chi connectivity index (χ4n) is 5.62. The third-order valence-corrected chi connectivity index (χ3v) is 7.28. The maximum Gasteiger partial charge on any atom is 0.0461 e. The summed E-state index contributed by atoms with van der Waals surface area (Å²) in [7, 11) is 0. The highest BCUT2D eigenvalue weighted by molar-refractivity contribution is 5.97. The number of rotatable bonds is 3. The summed E-state index contributed by atoms with van der Waals surface area (Å²) < 4.78 is 0. The molecule has 0 fully saturated rings. The Morgan fingerprint density at radius 3 is 2.44 bits per heavy atom. The van der Waals surface area contributed by atoms with Crippen LogP contribution in [-0.2, 0) is 5.41 Å². The topological polar surface area (TPSA) is 12.0 Å². The molecular formula is C31H27N. The fourth-order valence-corrected chi connectivity index (χ4v) is 5.62. The molecule has 1 unspecified atom stereocenters. The zero-order valence-corrected chi connectivity index (χ0v) is 18.6.